The Labute approximate surface area is 160 Å². The van der Waals surface area contributed by atoms with E-state index in [1.165, 1.54) is 0 Å². The molecule has 2 rings (SSSR count). The smallest absolute Gasteiger partial charge is 0.261 e. The fourth-order valence-electron chi connectivity index (χ4n) is 2.52. The van der Waals surface area contributed by atoms with Crippen molar-refractivity contribution in [2.24, 2.45) is 0 Å². The van der Waals surface area contributed by atoms with Crippen LogP contribution in [0.3, 0.4) is 0 Å². The molecule has 0 unspecified atom stereocenters. The van der Waals surface area contributed by atoms with Gasteiger partial charge in [-0.1, -0.05) is 23.7 Å². The highest BCUT2D eigenvalue weighted by Crippen LogP contribution is 2.26. The Hall–Kier alpha value is -2.20. The van der Waals surface area contributed by atoms with Crippen LogP contribution < -0.4 is 14.8 Å². The van der Waals surface area contributed by atoms with Crippen molar-refractivity contribution in [2.75, 3.05) is 0 Å². The van der Waals surface area contributed by atoms with Crippen LogP contribution >= 0.6 is 11.6 Å². The van der Waals surface area contributed by atoms with E-state index >= 15 is 0 Å². The molecule has 0 aliphatic rings. The molecule has 0 heterocycles. The Bertz CT molecular complexity index is 733. The van der Waals surface area contributed by atoms with E-state index < -0.39 is 6.10 Å². The number of carbonyl (C=O) groups excluding carboxylic acids is 1. The second-order valence-corrected chi connectivity index (χ2v) is 7.04. The van der Waals surface area contributed by atoms with Gasteiger partial charge in [-0.25, -0.2) is 0 Å². The summed E-state index contributed by atoms with van der Waals surface area (Å²) in [5, 5.41) is 3.61. The normalized spacial score (nSPS) is 12.0. The Morgan fingerprint density at radius 3 is 2.12 bits per heavy atom. The topological polar surface area (TPSA) is 47.6 Å². The maximum Gasteiger partial charge on any atom is 0.261 e. The van der Waals surface area contributed by atoms with Gasteiger partial charge in [0, 0.05) is 11.6 Å². The maximum absolute atomic E-state index is 12.3. The third-order valence-corrected chi connectivity index (χ3v) is 4.45. The average Bonchev–Trinajstić information content (AvgIpc) is 2.58. The van der Waals surface area contributed by atoms with E-state index in [1.54, 1.807) is 6.92 Å². The first-order chi connectivity index (χ1) is 12.3. The minimum absolute atomic E-state index is 0.138. The van der Waals surface area contributed by atoms with Crippen LogP contribution in [0.15, 0.2) is 36.4 Å². The van der Waals surface area contributed by atoms with Crippen molar-refractivity contribution in [1.82, 2.24) is 5.32 Å². The predicted octanol–water partition coefficient (Wildman–Crippen LogP) is 4.83. The van der Waals surface area contributed by atoms with Crippen LogP contribution in [-0.2, 0) is 11.3 Å². The highest BCUT2D eigenvalue weighted by Gasteiger charge is 2.15. The van der Waals surface area contributed by atoms with Crippen molar-refractivity contribution in [3.8, 4) is 11.5 Å². The summed E-state index contributed by atoms with van der Waals surface area (Å²) in [6, 6.07) is 11.4. The van der Waals surface area contributed by atoms with Crippen LogP contribution in [0.1, 0.15) is 37.5 Å². The first-order valence-corrected chi connectivity index (χ1v) is 9.10. The Morgan fingerprint density at radius 2 is 1.58 bits per heavy atom. The molecule has 0 aromatic heterocycles. The molecule has 0 bridgehead atoms. The average molecular weight is 376 g/mol. The lowest BCUT2D eigenvalue weighted by Crippen LogP contribution is -2.35. The van der Waals surface area contributed by atoms with Gasteiger partial charge in [0.05, 0.1) is 6.10 Å². The van der Waals surface area contributed by atoms with Gasteiger partial charge in [0.25, 0.3) is 5.91 Å². The number of hydrogen-bond acceptors (Lipinski definition) is 3. The highest BCUT2D eigenvalue weighted by atomic mass is 35.5. The van der Waals surface area contributed by atoms with E-state index in [9.17, 15) is 4.79 Å². The largest absolute Gasteiger partial charge is 0.491 e. The van der Waals surface area contributed by atoms with Gasteiger partial charge in [0.1, 0.15) is 11.5 Å². The minimum Gasteiger partial charge on any atom is -0.491 e. The fraction of sp³-hybridized carbons (Fsp3) is 0.381. The minimum atomic E-state index is -0.599. The van der Waals surface area contributed by atoms with Crippen molar-refractivity contribution < 1.29 is 14.3 Å². The summed E-state index contributed by atoms with van der Waals surface area (Å²) in [7, 11) is 0. The van der Waals surface area contributed by atoms with Gasteiger partial charge in [-0.2, -0.15) is 0 Å². The number of ether oxygens (including phenoxy) is 2. The SMILES string of the molecule is Cc1cc(O[C@H](C)C(=O)NCc2ccc(OC(C)C)cc2)cc(C)c1Cl. The van der Waals surface area contributed by atoms with Crippen LogP contribution in [0.5, 0.6) is 11.5 Å². The number of hydrogen-bond donors (Lipinski definition) is 1. The molecule has 0 radical (unpaired) electrons. The molecule has 26 heavy (non-hydrogen) atoms. The summed E-state index contributed by atoms with van der Waals surface area (Å²) in [4.78, 5) is 12.3. The van der Waals surface area contributed by atoms with Crippen molar-refractivity contribution in [1.29, 1.82) is 0 Å². The van der Waals surface area contributed by atoms with Crippen LogP contribution in [0, 0.1) is 13.8 Å². The van der Waals surface area contributed by atoms with Gasteiger partial charge >= 0.3 is 0 Å². The van der Waals surface area contributed by atoms with Gasteiger partial charge in [-0.15, -0.1) is 0 Å². The molecule has 2 aromatic carbocycles. The molecule has 0 spiro atoms. The zero-order chi connectivity index (χ0) is 19.3. The summed E-state index contributed by atoms with van der Waals surface area (Å²) in [6.45, 7) is 9.97. The summed E-state index contributed by atoms with van der Waals surface area (Å²) >= 11 is 6.16. The Kier molecular flexibility index (Phi) is 6.92. The molecule has 0 saturated heterocycles. The van der Waals surface area contributed by atoms with Gasteiger partial charge in [0.15, 0.2) is 6.10 Å². The van der Waals surface area contributed by atoms with Crippen LogP contribution in [0.2, 0.25) is 5.02 Å². The Balaban J connectivity index is 1.89. The number of carbonyl (C=O) groups is 1. The molecule has 1 atom stereocenters. The van der Waals surface area contributed by atoms with Crippen molar-refractivity contribution in [2.45, 2.75) is 53.4 Å². The quantitative estimate of drug-likeness (QED) is 0.754. The standard InChI is InChI=1S/C21H26ClNO3/c1-13(2)25-18-8-6-17(7-9-18)12-23-21(24)16(5)26-19-10-14(3)20(22)15(4)11-19/h6-11,13,16H,12H2,1-5H3,(H,23,24)/t16-/m1/s1. The van der Waals surface area contributed by atoms with Crippen molar-refractivity contribution in [3.05, 3.63) is 58.1 Å². The third-order valence-electron chi connectivity index (χ3n) is 3.85. The summed E-state index contributed by atoms with van der Waals surface area (Å²) in [5.41, 5.74) is 2.86. The van der Waals surface area contributed by atoms with Gasteiger partial charge < -0.3 is 14.8 Å². The van der Waals surface area contributed by atoms with Crippen molar-refractivity contribution >= 4 is 17.5 Å². The Morgan fingerprint density at radius 1 is 1.00 bits per heavy atom. The van der Waals surface area contributed by atoms with Gasteiger partial charge in [-0.3, -0.25) is 4.79 Å². The van der Waals surface area contributed by atoms with Crippen molar-refractivity contribution in [3.63, 3.8) is 0 Å². The van der Waals surface area contributed by atoms with E-state index in [0.717, 1.165) is 27.5 Å². The molecule has 0 fully saturated rings. The molecule has 2 aromatic rings. The second-order valence-electron chi connectivity index (χ2n) is 6.66. The molecule has 5 heteroatoms. The fourth-order valence-corrected chi connectivity index (χ4v) is 2.63. The van der Waals surface area contributed by atoms with E-state index in [0.29, 0.717) is 12.3 Å². The predicted molar refractivity (Wildman–Crippen MR) is 105 cm³/mol. The van der Waals surface area contributed by atoms with Crippen LogP contribution in [-0.4, -0.2) is 18.1 Å². The van der Waals surface area contributed by atoms with Gasteiger partial charge in [-0.05, 0) is 75.6 Å². The summed E-state index contributed by atoms with van der Waals surface area (Å²) in [5.74, 6) is 1.29. The number of halogens is 1. The molecule has 4 nitrogen and oxygen atoms in total. The number of amides is 1. The molecule has 140 valence electrons. The van der Waals surface area contributed by atoms with Gasteiger partial charge in [0.2, 0.25) is 0 Å². The molecule has 0 saturated carbocycles. The zero-order valence-corrected chi connectivity index (χ0v) is 16.7. The summed E-state index contributed by atoms with van der Waals surface area (Å²) in [6.07, 6.45) is -0.461. The molecule has 0 aliphatic carbocycles. The molecular formula is C21H26ClNO3. The molecule has 0 aliphatic heterocycles. The molecule has 1 N–H and O–H groups in total. The molecular weight excluding hydrogens is 350 g/mol. The highest BCUT2D eigenvalue weighted by molar-refractivity contribution is 6.32. The lowest BCUT2D eigenvalue weighted by molar-refractivity contribution is -0.127. The van der Waals surface area contributed by atoms with E-state index in [-0.39, 0.29) is 12.0 Å². The summed E-state index contributed by atoms with van der Waals surface area (Å²) < 4.78 is 11.4. The monoisotopic (exact) mass is 375 g/mol. The third kappa shape index (κ3) is 5.67. The lowest BCUT2D eigenvalue weighted by Gasteiger charge is -2.16. The van der Waals surface area contributed by atoms with E-state index in [2.05, 4.69) is 5.32 Å². The number of aryl methyl sites for hydroxylation is 2. The van der Waals surface area contributed by atoms with Crippen LogP contribution in [0.25, 0.3) is 0 Å². The van der Waals surface area contributed by atoms with E-state index in [4.69, 9.17) is 21.1 Å². The number of rotatable bonds is 7. The van der Waals surface area contributed by atoms with E-state index in [1.807, 2.05) is 64.1 Å². The first-order valence-electron chi connectivity index (χ1n) is 8.73. The van der Waals surface area contributed by atoms with Crippen LogP contribution in [0.4, 0.5) is 0 Å². The number of benzene rings is 2. The maximum atomic E-state index is 12.3. The lowest BCUT2D eigenvalue weighted by atomic mass is 10.1. The second kappa shape index (κ2) is 8.95. The molecule has 1 amide bonds. The zero-order valence-electron chi connectivity index (χ0n) is 15.9. The first kappa shape index (κ1) is 20.1. The number of nitrogens with one attached hydrogen (secondary N) is 1.